The SMILES string of the molecule is CCOC(=O)[C@](CCC1(C)OCCO1)(CNC(=O)OC(C)(C)C)c1ccc(F)cc1. The van der Waals surface area contributed by atoms with Crippen molar-refractivity contribution in [1.82, 2.24) is 5.32 Å². The first-order valence-electron chi connectivity index (χ1n) is 10.2. The van der Waals surface area contributed by atoms with Gasteiger partial charge in [-0.3, -0.25) is 4.79 Å². The Kier molecular flexibility index (Phi) is 7.82. The highest BCUT2D eigenvalue weighted by molar-refractivity contribution is 5.84. The van der Waals surface area contributed by atoms with Crippen LogP contribution >= 0.6 is 0 Å². The van der Waals surface area contributed by atoms with Gasteiger partial charge in [0.25, 0.3) is 0 Å². The lowest BCUT2D eigenvalue weighted by atomic mass is 9.75. The molecule has 0 unspecified atom stereocenters. The second kappa shape index (κ2) is 9.75. The minimum absolute atomic E-state index is 0.0809. The summed E-state index contributed by atoms with van der Waals surface area (Å²) < 4.78 is 35.6. The van der Waals surface area contributed by atoms with Gasteiger partial charge in [0.2, 0.25) is 0 Å². The molecule has 1 heterocycles. The highest BCUT2D eigenvalue weighted by atomic mass is 19.1. The zero-order valence-corrected chi connectivity index (χ0v) is 18.4. The predicted molar refractivity (Wildman–Crippen MR) is 108 cm³/mol. The lowest BCUT2D eigenvalue weighted by Gasteiger charge is -2.35. The minimum atomic E-state index is -1.26. The first-order chi connectivity index (χ1) is 14.0. The summed E-state index contributed by atoms with van der Waals surface area (Å²) in [6.45, 7) is 9.79. The van der Waals surface area contributed by atoms with Gasteiger partial charge in [0.05, 0.1) is 19.8 Å². The molecule has 0 aliphatic carbocycles. The molecule has 2 rings (SSSR count). The monoisotopic (exact) mass is 425 g/mol. The number of ether oxygens (including phenoxy) is 4. The van der Waals surface area contributed by atoms with Crippen LogP contribution in [0.25, 0.3) is 0 Å². The molecule has 1 amide bonds. The number of hydrogen-bond donors (Lipinski definition) is 1. The Morgan fingerprint density at radius 2 is 1.77 bits per heavy atom. The molecule has 1 saturated heterocycles. The zero-order valence-electron chi connectivity index (χ0n) is 18.4. The molecule has 1 fully saturated rings. The van der Waals surface area contributed by atoms with Crippen LogP contribution < -0.4 is 5.32 Å². The Labute approximate surface area is 177 Å². The molecule has 7 nitrogen and oxygen atoms in total. The first-order valence-corrected chi connectivity index (χ1v) is 10.2. The van der Waals surface area contributed by atoms with Crippen molar-refractivity contribution >= 4 is 12.1 Å². The van der Waals surface area contributed by atoms with Gasteiger partial charge in [0, 0.05) is 13.0 Å². The molecule has 0 aromatic heterocycles. The van der Waals surface area contributed by atoms with E-state index in [1.165, 1.54) is 24.3 Å². The van der Waals surface area contributed by atoms with Gasteiger partial charge in [-0.1, -0.05) is 12.1 Å². The van der Waals surface area contributed by atoms with Crippen LogP contribution in [0.3, 0.4) is 0 Å². The Balaban J connectivity index is 2.35. The third-order valence-electron chi connectivity index (χ3n) is 4.90. The number of hydrogen-bond acceptors (Lipinski definition) is 6. The molecule has 1 aromatic carbocycles. The summed E-state index contributed by atoms with van der Waals surface area (Å²) in [7, 11) is 0. The summed E-state index contributed by atoms with van der Waals surface area (Å²) in [6, 6.07) is 5.62. The van der Waals surface area contributed by atoms with Gasteiger partial charge in [-0.2, -0.15) is 0 Å². The molecule has 0 radical (unpaired) electrons. The van der Waals surface area contributed by atoms with Crippen LogP contribution in [0.5, 0.6) is 0 Å². The van der Waals surface area contributed by atoms with Crippen molar-refractivity contribution in [3.8, 4) is 0 Å². The highest BCUT2D eigenvalue weighted by Gasteiger charge is 2.45. The van der Waals surface area contributed by atoms with Crippen molar-refractivity contribution in [1.29, 1.82) is 0 Å². The standard InChI is InChI=1S/C22H32FNO6/c1-6-27-18(25)22(16-7-9-17(23)10-8-16,12-11-21(5)28-13-14-29-21)15-24-19(26)30-20(2,3)4/h7-10H,6,11-15H2,1-5H3,(H,24,26)/t22-/m1/s1. The molecule has 0 bridgehead atoms. The Bertz CT molecular complexity index is 724. The summed E-state index contributed by atoms with van der Waals surface area (Å²) in [5.74, 6) is -1.79. The molecule has 1 aromatic rings. The van der Waals surface area contributed by atoms with Crippen molar-refractivity contribution in [2.24, 2.45) is 0 Å². The fraction of sp³-hybridized carbons (Fsp3) is 0.636. The molecule has 30 heavy (non-hydrogen) atoms. The van der Waals surface area contributed by atoms with Gasteiger partial charge in [-0.15, -0.1) is 0 Å². The van der Waals surface area contributed by atoms with E-state index < -0.39 is 34.7 Å². The fourth-order valence-electron chi connectivity index (χ4n) is 3.34. The average Bonchev–Trinajstić information content (AvgIpc) is 3.09. The van der Waals surface area contributed by atoms with Gasteiger partial charge in [-0.25, -0.2) is 9.18 Å². The maximum atomic E-state index is 13.6. The summed E-state index contributed by atoms with van der Waals surface area (Å²) in [5.41, 5.74) is -1.43. The zero-order chi connectivity index (χ0) is 22.4. The summed E-state index contributed by atoms with van der Waals surface area (Å²) in [6.07, 6.45) is -0.0268. The van der Waals surface area contributed by atoms with E-state index in [1.54, 1.807) is 27.7 Å². The van der Waals surface area contributed by atoms with Crippen LogP contribution in [0.4, 0.5) is 9.18 Å². The molecule has 0 saturated carbocycles. The van der Waals surface area contributed by atoms with Crippen molar-refractivity contribution in [2.45, 2.75) is 64.3 Å². The van der Waals surface area contributed by atoms with E-state index in [2.05, 4.69) is 5.32 Å². The van der Waals surface area contributed by atoms with E-state index >= 15 is 0 Å². The maximum absolute atomic E-state index is 13.6. The Morgan fingerprint density at radius 3 is 2.30 bits per heavy atom. The number of alkyl carbamates (subject to hydrolysis) is 1. The average molecular weight is 425 g/mol. The molecule has 1 N–H and O–H groups in total. The highest BCUT2D eigenvalue weighted by Crippen LogP contribution is 2.36. The maximum Gasteiger partial charge on any atom is 0.407 e. The predicted octanol–water partition coefficient (Wildman–Crippen LogP) is 3.69. The smallest absolute Gasteiger partial charge is 0.407 e. The number of nitrogens with one attached hydrogen (secondary N) is 1. The number of esters is 1. The molecule has 1 aliphatic heterocycles. The molecular formula is C22H32FNO6. The van der Waals surface area contributed by atoms with E-state index in [0.717, 1.165) is 0 Å². The molecule has 8 heteroatoms. The van der Waals surface area contributed by atoms with Crippen LogP contribution in [0.2, 0.25) is 0 Å². The third-order valence-corrected chi connectivity index (χ3v) is 4.90. The van der Waals surface area contributed by atoms with Crippen LogP contribution in [0.15, 0.2) is 24.3 Å². The van der Waals surface area contributed by atoms with Crippen LogP contribution in [-0.4, -0.2) is 49.8 Å². The lowest BCUT2D eigenvalue weighted by Crippen LogP contribution is -2.49. The number of carbonyl (C=O) groups excluding carboxylic acids is 2. The largest absolute Gasteiger partial charge is 0.465 e. The van der Waals surface area contributed by atoms with Crippen molar-refractivity contribution in [2.75, 3.05) is 26.4 Å². The van der Waals surface area contributed by atoms with Crippen molar-refractivity contribution in [3.05, 3.63) is 35.6 Å². The molecular weight excluding hydrogens is 393 g/mol. The molecule has 1 aliphatic rings. The van der Waals surface area contributed by atoms with E-state index in [0.29, 0.717) is 25.2 Å². The Hall–Kier alpha value is -2.19. The second-order valence-electron chi connectivity index (χ2n) is 8.50. The van der Waals surface area contributed by atoms with Crippen molar-refractivity contribution < 1.29 is 32.9 Å². The first kappa shape index (κ1) is 24.1. The van der Waals surface area contributed by atoms with Crippen molar-refractivity contribution in [3.63, 3.8) is 0 Å². The van der Waals surface area contributed by atoms with E-state index in [-0.39, 0.29) is 19.6 Å². The molecule has 0 spiro atoms. The topological polar surface area (TPSA) is 83.1 Å². The Morgan fingerprint density at radius 1 is 1.17 bits per heavy atom. The number of carbonyl (C=O) groups is 2. The second-order valence-corrected chi connectivity index (χ2v) is 8.50. The van der Waals surface area contributed by atoms with Crippen LogP contribution in [0, 0.1) is 5.82 Å². The van der Waals surface area contributed by atoms with E-state index in [1.807, 2.05) is 6.92 Å². The van der Waals surface area contributed by atoms with Crippen LogP contribution in [-0.2, 0) is 29.2 Å². The summed E-state index contributed by atoms with van der Waals surface area (Å²) in [4.78, 5) is 25.5. The van der Waals surface area contributed by atoms with Gasteiger partial charge >= 0.3 is 12.1 Å². The van der Waals surface area contributed by atoms with Gasteiger partial charge in [-0.05, 0) is 58.7 Å². The summed E-state index contributed by atoms with van der Waals surface area (Å²) >= 11 is 0. The number of rotatable bonds is 8. The van der Waals surface area contributed by atoms with Gasteiger partial charge < -0.3 is 24.3 Å². The van der Waals surface area contributed by atoms with Crippen LogP contribution in [0.1, 0.15) is 53.0 Å². The normalized spacial score (nSPS) is 17.8. The van der Waals surface area contributed by atoms with Gasteiger partial charge in [0.1, 0.15) is 16.8 Å². The molecule has 168 valence electrons. The number of halogens is 1. The third kappa shape index (κ3) is 6.40. The molecule has 1 atom stereocenters. The fourth-order valence-corrected chi connectivity index (χ4v) is 3.34. The number of benzene rings is 1. The quantitative estimate of drug-likeness (QED) is 0.640. The van der Waals surface area contributed by atoms with E-state index in [4.69, 9.17) is 18.9 Å². The van der Waals surface area contributed by atoms with Gasteiger partial charge in [0.15, 0.2) is 5.79 Å². The number of amides is 1. The minimum Gasteiger partial charge on any atom is -0.465 e. The van der Waals surface area contributed by atoms with E-state index in [9.17, 15) is 14.0 Å². The lowest BCUT2D eigenvalue weighted by molar-refractivity contribution is -0.159. The summed E-state index contributed by atoms with van der Waals surface area (Å²) in [5, 5.41) is 2.68.